The second-order valence-corrected chi connectivity index (χ2v) is 13.2. The van der Waals surface area contributed by atoms with Crippen LogP contribution in [-0.2, 0) is 12.0 Å². The Kier molecular flexibility index (Phi) is 4.85. The van der Waals surface area contributed by atoms with Crippen LogP contribution < -0.4 is 0 Å². The molecule has 108 valence electrons. The summed E-state index contributed by atoms with van der Waals surface area (Å²) < 4.78 is 0. The molecule has 0 atom stereocenters. The average molecular weight is 279 g/mol. The first-order valence-electron chi connectivity index (χ1n) is 7.00. The summed E-state index contributed by atoms with van der Waals surface area (Å²) in [6, 6.07) is 6.11. The van der Waals surface area contributed by atoms with Crippen LogP contribution in [0.5, 0.6) is 5.75 Å². The molecule has 19 heavy (non-hydrogen) atoms. The second-order valence-electron chi connectivity index (χ2n) is 7.80. The van der Waals surface area contributed by atoms with Crippen LogP contribution in [0.2, 0.25) is 19.6 Å². The Balaban J connectivity index is 2.91. The summed E-state index contributed by atoms with van der Waals surface area (Å²) in [5.74, 6) is 0.470. The van der Waals surface area contributed by atoms with Crippen molar-refractivity contribution in [3.8, 4) is 5.75 Å². The molecule has 1 N–H and O–H groups in total. The van der Waals surface area contributed by atoms with Crippen molar-refractivity contribution in [3.63, 3.8) is 0 Å². The van der Waals surface area contributed by atoms with Gasteiger partial charge in [-0.05, 0) is 24.2 Å². The van der Waals surface area contributed by atoms with Gasteiger partial charge in [0, 0.05) is 12.1 Å². The summed E-state index contributed by atoms with van der Waals surface area (Å²) in [5, 5.41) is 10.5. The van der Waals surface area contributed by atoms with E-state index in [2.05, 4.69) is 58.4 Å². The molecule has 0 bridgehead atoms. The van der Waals surface area contributed by atoms with Gasteiger partial charge in [-0.25, -0.2) is 0 Å². The molecule has 0 heterocycles. The summed E-state index contributed by atoms with van der Waals surface area (Å²) in [5.41, 5.74) is 2.05. The summed E-state index contributed by atoms with van der Waals surface area (Å²) >= 11 is 0. The van der Waals surface area contributed by atoms with Crippen LogP contribution in [0.15, 0.2) is 18.2 Å². The molecular formula is C16H29NOSi. The highest BCUT2D eigenvalue weighted by Crippen LogP contribution is 2.33. The quantitative estimate of drug-likeness (QED) is 0.842. The molecule has 0 unspecified atom stereocenters. The van der Waals surface area contributed by atoms with Crippen molar-refractivity contribution in [2.24, 2.45) is 0 Å². The largest absolute Gasteiger partial charge is 0.507 e. The maximum absolute atomic E-state index is 10.5. The number of aromatic hydroxyl groups is 1. The molecule has 2 nitrogen and oxygen atoms in total. The van der Waals surface area contributed by atoms with Crippen molar-refractivity contribution in [2.75, 3.05) is 13.2 Å². The number of benzene rings is 1. The summed E-state index contributed by atoms with van der Waals surface area (Å²) in [7, 11) is 1.04. The number of hydrogen-bond donors (Lipinski definition) is 1. The van der Waals surface area contributed by atoms with E-state index in [0.717, 1.165) is 23.8 Å². The van der Waals surface area contributed by atoms with E-state index in [1.54, 1.807) is 0 Å². The first-order valence-corrected chi connectivity index (χ1v) is 10.7. The van der Waals surface area contributed by atoms with Gasteiger partial charge >= 0.3 is 0 Å². The Bertz CT molecular complexity index is 429. The second kappa shape index (κ2) is 5.67. The molecule has 0 saturated carbocycles. The maximum atomic E-state index is 10.5. The van der Waals surface area contributed by atoms with Crippen molar-refractivity contribution in [1.29, 1.82) is 0 Å². The molecule has 1 aromatic rings. The van der Waals surface area contributed by atoms with Crippen LogP contribution in [0.3, 0.4) is 0 Å². The van der Waals surface area contributed by atoms with Gasteiger partial charge in [0.2, 0.25) is 0 Å². The lowest BCUT2D eigenvalue weighted by atomic mass is 9.85. The van der Waals surface area contributed by atoms with E-state index >= 15 is 0 Å². The van der Waals surface area contributed by atoms with Crippen LogP contribution in [0.25, 0.3) is 0 Å². The normalized spacial score (nSPS) is 13.1. The van der Waals surface area contributed by atoms with Gasteiger partial charge < -0.3 is 10.0 Å². The highest BCUT2D eigenvalue weighted by Gasteiger charge is 2.21. The standard InChI is InChI=1S/C16H29NOSi/c1-16(2,3)14-10-8-9-13(15(14)18)11-17(4)12-19(5,6)7/h8-10,18H,11-12H2,1-7H3. The minimum atomic E-state index is -1.10. The van der Waals surface area contributed by atoms with Crippen molar-refractivity contribution in [2.45, 2.75) is 52.4 Å². The minimum absolute atomic E-state index is 0.0164. The van der Waals surface area contributed by atoms with E-state index in [-0.39, 0.29) is 5.41 Å². The van der Waals surface area contributed by atoms with Gasteiger partial charge in [-0.1, -0.05) is 58.6 Å². The van der Waals surface area contributed by atoms with Crippen molar-refractivity contribution < 1.29 is 5.11 Å². The van der Waals surface area contributed by atoms with Gasteiger partial charge in [-0.3, -0.25) is 0 Å². The maximum Gasteiger partial charge on any atom is 0.123 e. The molecule has 1 aromatic carbocycles. The first-order chi connectivity index (χ1) is 8.50. The van der Waals surface area contributed by atoms with Gasteiger partial charge in [0.15, 0.2) is 0 Å². The predicted molar refractivity (Wildman–Crippen MR) is 86.5 cm³/mol. The van der Waals surface area contributed by atoms with Gasteiger partial charge in [-0.15, -0.1) is 0 Å². The fraction of sp³-hybridized carbons (Fsp3) is 0.625. The Morgan fingerprint density at radius 2 is 1.74 bits per heavy atom. The Hall–Kier alpha value is -0.803. The molecule has 0 saturated heterocycles. The van der Waals surface area contributed by atoms with Crippen molar-refractivity contribution in [1.82, 2.24) is 4.90 Å². The monoisotopic (exact) mass is 279 g/mol. The smallest absolute Gasteiger partial charge is 0.123 e. The number of rotatable bonds is 4. The lowest BCUT2D eigenvalue weighted by Crippen LogP contribution is -2.37. The van der Waals surface area contributed by atoms with Crippen LogP contribution in [-0.4, -0.2) is 31.3 Å². The Morgan fingerprint density at radius 1 is 1.16 bits per heavy atom. The zero-order valence-electron chi connectivity index (χ0n) is 13.5. The average Bonchev–Trinajstić information content (AvgIpc) is 2.16. The molecule has 0 radical (unpaired) electrons. The molecule has 0 aliphatic heterocycles. The van der Waals surface area contributed by atoms with E-state index in [0.29, 0.717) is 5.75 Å². The highest BCUT2D eigenvalue weighted by atomic mass is 28.3. The molecular weight excluding hydrogens is 250 g/mol. The summed E-state index contributed by atoms with van der Waals surface area (Å²) in [6.07, 6.45) is 1.15. The van der Waals surface area contributed by atoms with Crippen molar-refractivity contribution in [3.05, 3.63) is 29.3 Å². The van der Waals surface area contributed by atoms with E-state index in [1.807, 2.05) is 12.1 Å². The molecule has 0 amide bonds. The van der Waals surface area contributed by atoms with Gasteiger partial charge in [-0.2, -0.15) is 0 Å². The SMILES string of the molecule is CN(Cc1cccc(C(C)(C)C)c1O)C[Si](C)(C)C. The van der Waals surface area contributed by atoms with E-state index in [4.69, 9.17) is 0 Å². The molecule has 0 aliphatic carbocycles. The van der Waals surface area contributed by atoms with Crippen LogP contribution >= 0.6 is 0 Å². The number of hydrogen-bond acceptors (Lipinski definition) is 2. The fourth-order valence-electron chi connectivity index (χ4n) is 2.48. The van der Waals surface area contributed by atoms with Crippen LogP contribution in [0.4, 0.5) is 0 Å². The third kappa shape index (κ3) is 5.00. The number of para-hydroxylation sites is 1. The zero-order valence-corrected chi connectivity index (χ0v) is 14.5. The molecule has 0 fully saturated rings. The van der Waals surface area contributed by atoms with Gasteiger partial charge in [0.1, 0.15) is 5.75 Å². The number of phenolic OH excluding ortho intramolecular Hbond substituents is 1. The van der Waals surface area contributed by atoms with Crippen molar-refractivity contribution >= 4 is 8.07 Å². The molecule has 0 aromatic heterocycles. The molecule has 3 heteroatoms. The Morgan fingerprint density at radius 3 is 2.21 bits per heavy atom. The number of nitrogens with zero attached hydrogens (tertiary/aromatic N) is 1. The fourth-order valence-corrected chi connectivity index (χ4v) is 4.21. The third-order valence-electron chi connectivity index (χ3n) is 3.11. The lowest BCUT2D eigenvalue weighted by Gasteiger charge is -2.27. The summed E-state index contributed by atoms with van der Waals surface area (Å²) in [6.45, 7) is 14.3. The van der Waals surface area contributed by atoms with Gasteiger partial charge in [0.25, 0.3) is 0 Å². The van der Waals surface area contributed by atoms with E-state index in [9.17, 15) is 5.11 Å². The van der Waals surface area contributed by atoms with Crippen LogP contribution in [0, 0.1) is 0 Å². The highest BCUT2D eigenvalue weighted by molar-refractivity contribution is 6.76. The van der Waals surface area contributed by atoms with E-state index in [1.165, 1.54) is 0 Å². The number of phenols is 1. The van der Waals surface area contributed by atoms with E-state index < -0.39 is 8.07 Å². The third-order valence-corrected chi connectivity index (χ3v) is 4.60. The molecule has 0 aliphatic rings. The molecule has 0 spiro atoms. The van der Waals surface area contributed by atoms with Gasteiger partial charge in [0.05, 0.1) is 8.07 Å². The van der Waals surface area contributed by atoms with Crippen LogP contribution in [0.1, 0.15) is 31.9 Å². The Labute approximate surface area is 119 Å². The lowest BCUT2D eigenvalue weighted by molar-refractivity contribution is 0.359. The topological polar surface area (TPSA) is 23.5 Å². The molecule has 1 rings (SSSR count). The summed E-state index contributed by atoms with van der Waals surface area (Å²) in [4.78, 5) is 2.33. The predicted octanol–water partition coefficient (Wildman–Crippen LogP) is 4.00. The first kappa shape index (κ1) is 16.3. The zero-order chi connectivity index (χ0) is 14.8. The minimum Gasteiger partial charge on any atom is -0.507 e.